The van der Waals surface area contributed by atoms with Crippen LogP contribution in [0.15, 0.2) is 34.9 Å². The Morgan fingerprint density at radius 1 is 1.32 bits per heavy atom. The highest BCUT2D eigenvalue weighted by molar-refractivity contribution is 5.92. The van der Waals surface area contributed by atoms with Gasteiger partial charge in [0.05, 0.1) is 6.54 Å². The molecule has 5 nitrogen and oxygen atoms in total. The van der Waals surface area contributed by atoms with Crippen LogP contribution in [0.2, 0.25) is 0 Å². The van der Waals surface area contributed by atoms with Crippen molar-refractivity contribution < 1.29 is 13.7 Å². The zero-order valence-electron chi connectivity index (χ0n) is 12.2. The number of likely N-dealkylation sites (tertiary alicyclic amines) is 1. The highest BCUT2D eigenvalue weighted by Gasteiger charge is 2.17. The second-order valence-electron chi connectivity index (χ2n) is 5.44. The van der Waals surface area contributed by atoms with Crippen molar-refractivity contribution in [3.8, 4) is 0 Å². The molecule has 1 N–H and O–H groups in total. The van der Waals surface area contributed by atoms with Gasteiger partial charge in [-0.1, -0.05) is 23.4 Å². The van der Waals surface area contributed by atoms with Gasteiger partial charge in [-0.15, -0.1) is 0 Å². The fourth-order valence-electron chi connectivity index (χ4n) is 2.56. The summed E-state index contributed by atoms with van der Waals surface area (Å²) in [6.45, 7) is 2.90. The first-order chi connectivity index (χ1) is 10.7. The lowest BCUT2D eigenvalue weighted by Gasteiger charge is -2.10. The fraction of sp³-hybridized carbons (Fsp3) is 0.375. The van der Waals surface area contributed by atoms with Crippen LogP contribution in [-0.4, -0.2) is 29.1 Å². The predicted molar refractivity (Wildman–Crippen MR) is 78.6 cm³/mol. The Morgan fingerprint density at radius 2 is 2.09 bits per heavy atom. The minimum Gasteiger partial charge on any atom is -0.359 e. The molecule has 0 saturated carbocycles. The van der Waals surface area contributed by atoms with Gasteiger partial charge in [-0.05, 0) is 32.0 Å². The topological polar surface area (TPSA) is 58.4 Å². The lowest BCUT2D eigenvalue weighted by Crippen LogP contribution is -2.23. The van der Waals surface area contributed by atoms with Crippen molar-refractivity contribution in [3.63, 3.8) is 0 Å². The summed E-state index contributed by atoms with van der Waals surface area (Å²) in [4.78, 5) is 14.3. The van der Waals surface area contributed by atoms with E-state index in [2.05, 4.69) is 15.4 Å². The molecule has 0 radical (unpaired) electrons. The zero-order valence-corrected chi connectivity index (χ0v) is 12.2. The Labute approximate surface area is 128 Å². The Kier molecular flexibility index (Phi) is 4.48. The van der Waals surface area contributed by atoms with Gasteiger partial charge in [0, 0.05) is 18.2 Å². The largest absolute Gasteiger partial charge is 0.359 e. The van der Waals surface area contributed by atoms with Crippen molar-refractivity contribution in [3.05, 3.63) is 53.2 Å². The van der Waals surface area contributed by atoms with Gasteiger partial charge in [0.1, 0.15) is 5.82 Å². The van der Waals surface area contributed by atoms with Gasteiger partial charge in [0.25, 0.3) is 5.91 Å². The average Bonchev–Trinajstić information content (AvgIpc) is 3.18. The highest BCUT2D eigenvalue weighted by atomic mass is 19.1. The number of nitrogens with zero attached hydrogens (tertiary/aromatic N) is 2. The van der Waals surface area contributed by atoms with E-state index in [9.17, 15) is 9.18 Å². The van der Waals surface area contributed by atoms with Gasteiger partial charge in [-0.2, -0.15) is 0 Å². The Hall–Kier alpha value is -2.21. The van der Waals surface area contributed by atoms with Gasteiger partial charge in [0.15, 0.2) is 11.5 Å². The van der Waals surface area contributed by atoms with E-state index in [0.29, 0.717) is 17.9 Å². The third-order valence-electron chi connectivity index (χ3n) is 3.77. The van der Waals surface area contributed by atoms with Crippen LogP contribution in [0.5, 0.6) is 0 Å². The molecule has 0 aliphatic carbocycles. The van der Waals surface area contributed by atoms with E-state index < -0.39 is 0 Å². The van der Waals surface area contributed by atoms with Gasteiger partial charge in [-0.25, -0.2) is 4.39 Å². The molecule has 0 bridgehead atoms. The second-order valence-corrected chi connectivity index (χ2v) is 5.44. The molecule has 1 aromatic carbocycles. The van der Waals surface area contributed by atoms with Crippen molar-refractivity contribution in [1.29, 1.82) is 0 Å². The van der Waals surface area contributed by atoms with Crippen LogP contribution in [0, 0.1) is 5.82 Å². The van der Waals surface area contributed by atoms with Crippen molar-refractivity contribution in [1.82, 2.24) is 15.4 Å². The van der Waals surface area contributed by atoms with E-state index in [-0.39, 0.29) is 24.0 Å². The number of benzene rings is 1. The number of amides is 1. The molecule has 1 aromatic heterocycles. The summed E-state index contributed by atoms with van der Waals surface area (Å²) < 4.78 is 18.7. The molecule has 0 unspecified atom stereocenters. The number of halogens is 1. The van der Waals surface area contributed by atoms with Crippen LogP contribution >= 0.6 is 0 Å². The molecule has 1 aliphatic rings. The number of hydrogen-bond donors (Lipinski definition) is 1. The molecule has 1 saturated heterocycles. The molecule has 3 rings (SSSR count). The molecule has 6 heteroatoms. The fourth-order valence-corrected chi connectivity index (χ4v) is 2.56. The number of carbonyl (C=O) groups excluding carboxylic acids is 1. The van der Waals surface area contributed by atoms with Crippen LogP contribution in [0.4, 0.5) is 4.39 Å². The summed E-state index contributed by atoms with van der Waals surface area (Å²) in [6, 6.07) is 8.00. The van der Waals surface area contributed by atoms with Crippen molar-refractivity contribution >= 4 is 5.91 Å². The molecular weight excluding hydrogens is 285 g/mol. The third kappa shape index (κ3) is 3.51. The minimum atomic E-state index is -0.361. The van der Waals surface area contributed by atoms with Crippen LogP contribution in [0.1, 0.15) is 34.7 Å². The van der Waals surface area contributed by atoms with Gasteiger partial charge < -0.3 is 9.84 Å². The molecule has 0 spiro atoms. The van der Waals surface area contributed by atoms with Crippen molar-refractivity contribution in [2.24, 2.45) is 0 Å². The third-order valence-corrected chi connectivity index (χ3v) is 3.77. The Morgan fingerprint density at radius 3 is 2.86 bits per heavy atom. The number of aromatic nitrogens is 1. The Bertz CT molecular complexity index is 650. The summed E-state index contributed by atoms with van der Waals surface area (Å²) in [5, 5.41) is 6.43. The monoisotopic (exact) mass is 303 g/mol. The molecule has 1 aliphatic heterocycles. The summed E-state index contributed by atoms with van der Waals surface area (Å²) in [7, 11) is 0. The number of rotatable bonds is 5. The average molecular weight is 303 g/mol. The first-order valence-electron chi connectivity index (χ1n) is 7.42. The second kappa shape index (κ2) is 6.70. The zero-order chi connectivity index (χ0) is 15.4. The van der Waals surface area contributed by atoms with E-state index >= 15 is 0 Å². The molecule has 116 valence electrons. The highest BCUT2D eigenvalue weighted by Crippen LogP contribution is 2.13. The van der Waals surface area contributed by atoms with E-state index in [1.54, 1.807) is 24.3 Å². The lowest BCUT2D eigenvalue weighted by atomic mass is 10.2. The van der Waals surface area contributed by atoms with Crippen LogP contribution in [0.25, 0.3) is 0 Å². The van der Waals surface area contributed by atoms with Crippen molar-refractivity contribution in [2.45, 2.75) is 25.9 Å². The SMILES string of the molecule is O=C(NCc1ccccc1F)c1cc(CN2CCCC2)on1. The summed E-state index contributed by atoms with van der Waals surface area (Å²) in [5.41, 5.74) is 0.669. The number of hydrogen-bond acceptors (Lipinski definition) is 4. The van der Waals surface area contributed by atoms with E-state index in [1.165, 1.54) is 18.9 Å². The lowest BCUT2D eigenvalue weighted by molar-refractivity contribution is 0.0941. The molecule has 1 amide bonds. The first kappa shape index (κ1) is 14.7. The van der Waals surface area contributed by atoms with E-state index in [1.807, 2.05) is 0 Å². The van der Waals surface area contributed by atoms with Crippen LogP contribution in [-0.2, 0) is 13.1 Å². The Balaban J connectivity index is 1.56. The molecule has 22 heavy (non-hydrogen) atoms. The molecule has 2 heterocycles. The maximum absolute atomic E-state index is 13.5. The maximum atomic E-state index is 13.5. The normalized spacial score (nSPS) is 15.1. The standard InChI is InChI=1S/C16H18FN3O2/c17-14-6-2-1-5-12(14)10-18-16(21)15-9-13(22-19-15)11-20-7-3-4-8-20/h1-2,5-6,9H,3-4,7-8,10-11H2,(H,18,21). The summed E-state index contributed by atoms with van der Waals surface area (Å²) >= 11 is 0. The molecule has 1 fully saturated rings. The quantitative estimate of drug-likeness (QED) is 0.921. The summed E-state index contributed by atoms with van der Waals surface area (Å²) in [6.07, 6.45) is 2.40. The predicted octanol–water partition coefficient (Wildman–Crippen LogP) is 2.34. The summed E-state index contributed by atoms with van der Waals surface area (Å²) in [5.74, 6) is -0.0182. The van der Waals surface area contributed by atoms with E-state index in [0.717, 1.165) is 13.1 Å². The number of nitrogens with one attached hydrogen (secondary N) is 1. The smallest absolute Gasteiger partial charge is 0.273 e. The van der Waals surface area contributed by atoms with Crippen LogP contribution < -0.4 is 5.32 Å². The maximum Gasteiger partial charge on any atom is 0.273 e. The van der Waals surface area contributed by atoms with E-state index in [4.69, 9.17) is 4.52 Å². The molecular formula is C16H18FN3O2. The molecule has 0 atom stereocenters. The van der Waals surface area contributed by atoms with Gasteiger partial charge >= 0.3 is 0 Å². The number of carbonyl (C=O) groups is 1. The van der Waals surface area contributed by atoms with Gasteiger partial charge in [0.2, 0.25) is 0 Å². The molecule has 2 aromatic rings. The van der Waals surface area contributed by atoms with Crippen LogP contribution in [0.3, 0.4) is 0 Å². The minimum absolute atomic E-state index is 0.125. The van der Waals surface area contributed by atoms with Crippen molar-refractivity contribution in [2.75, 3.05) is 13.1 Å². The van der Waals surface area contributed by atoms with Gasteiger partial charge in [-0.3, -0.25) is 9.69 Å². The first-order valence-corrected chi connectivity index (χ1v) is 7.42.